The smallest absolute Gasteiger partial charge is 0.327 e. The number of hydrogen-bond donors (Lipinski definition) is 1. The molecular weight excluding hydrogens is 305 g/mol. The summed E-state index contributed by atoms with van der Waals surface area (Å²) in [5.41, 5.74) is 4.80. The molecule has 0 saturated carbocycles. The van der Waals surface area contributed by atoms with E-state index in [9.17, 15) is 21.6 Å². The highest BCUT2D eigenvalue weighted by Crippen LogP contribution is 2.38. The van der Waals surface area contributed by atoms with Crippen LogP contribution in [0.4, 0.5) is 13.2 Å². The molecule has 0 atom stereocenters. The number of rotatable bonds is 4. The summed E-state index contributed by atoms with van der Waals surface area (Å²) in [5.74, 6) is -2.10. The van der Waals surface area contributed by atoms with Crippen LogP contribution in [0.3, 0.4) is 0 Å². The van der Waals surface area contributed by atoms with Crippen LogP contribution in [0.5, 0.6) is 0 Å². The molecule has 2 N–H and O–H groups in total. The molecule has 2 rings (SSSR count). The first-order chi connectivity index (χ1) is 9.82. The van der Waals surface area contributed by atoms with Gasteiger partial charge in [0, 0.05) is 18.1 Å². The maximum absolute atomic E-state index is 13.9. The van der Waals surface area contributed by atoms with Gasteiger partial charge in [0.2, 0.25) is 0 Å². The van der Waals surface area contributed by atoms with Gasteiger partial charge in [-0.05, 0) is 18.2 Å². The molecule has 0 aliphatic carbocycles. The number of para-hydroxylation sites is 1. The van der Waals surface area contributed by atoms with Crippen LogP contribution in [0.2, 0.25) is 0 Å². The Balaban J connectivity index is 2.71. The van der Waals surface area contributed by atoms with Crippen LogP contribution in [0, 0.1) is 0 Å². The van der Waals surface area contributed by atoms with E-state index in [0.29, 0.717) is 11.5 Å². The summed E-state index contributed by atoms with van der Waals surface area (Å²) in [6, 6.07) is 6.83. The minimum Gasteiger partial charge on any atom is -0.327 e. The Kier molecular flexibility index (Phi) is 4.02. The second kappa shape index (κ2) is 5.45. The third kappa shape index (κ3) is 2.52. The zero-order valence-corrected chi connectivity index (χ0v) is 11.4. The fraction of sp³-hybridized carbons (Fsp3) is 0.154. The molecule has 0 aliphatic rings. The minimum absolute atomic E-state index is 0.139. The molecule has 0 amide bonds. The number of alkyl halides is 2. The van der Waals surface area contributed by atoms with E-state index < -0.39 is 32.4 Å². The lowest BCUT2D eigenvalue weighted by molar-refractivity contribution is 0.105. The molecule has 8 heteroatoms. The molecule has 1 aromatic carbocycles. The predicted octanol–water partition coefficient (Wildman–Crippen LogP) is 2.41. The van der Waals surface area contributed by atoms with Crippen molar-refractivity contribution in [3.8, 4) is 0 Å². The Bertz CT molecular complexity index is 799. The lowest BCUT2D eigenvalue weighted by atomic mass is 10.2. The number of halogens is 3. The van der Waals surface area contributed by atoms with Crippen LogP contribution in [0.25, 0.3) is 10.9 Å². The second-order valence-corrected chi connectivity index (χ2v) is 6.10. The third-order valence-corrected chi connectivity index (χ3v) is 4.58. The molecule has 21 heavy (non-hydrogen) atoms. The maximum atomic E-state index is 13.9. The van der Waals surface area contributed by atoms with Gasteiger partial charge in [-0.1, -0.05) is 18.2 Å². The molecule has 4 nitrogen and oxygen atoms in total. The van der Waals surface area contributed by atoms with Crippen molar-refractivity contribution in [1.29, 1.82) is 0 Å². The Labute approximate surface area is 119 Å². The summed E-state index contributed by atoms with van der Waals surface area (Å²) in [4.78, 5) is 3.06. The van der Waals surface area contributed by atoms with Crippen LogP contribution in [0.15, 0.2) is 53.3 Å². The van der Waals surface area contributed by atoms with Crippen molar-refractivity contribution in [3.63, 3.8) is 0 Å². The van der Waals surface area contributed by atoms with Crippen molar-refractivity contribution in [3.05, 3.63) is 48.4 Å². The second-order valence-electron chi connectivity index (χ2n) is 4.14. The normalized spacial score (nSPS) is 13.6. The summed E-state index contributed by atoms with van der Waals surface area (Å²) >= 11 is 0. The van der Waals surface area contributed by atoms with Crippen LogP contribution >= 0.6 is 0 Å². The molecule has 0 spiro atoms. The molecule has 1 heterocycles. The van der Waals surface area contributed by atoms with Crippen molar-refractivity contribution >= 4 is 20.7 Å². The summed E-state index contributed by atoms with van der Waals surface area (Å²) in [5, 5.41) is -4.34. The molecule has 0 aliphatic heterocycles. The molecule has 0 saturated heterocycles. The molecule has 2 aromatic rings. The van der Waals surface area contributed by atoms with E-state index in [-0.39, 0.29) is 5.52 Å². The van der Waals surface area contributed by atoms with E-state index in [2.05, 4.69) is 4.98 Å². The van der Waals surface area contributed by atoms with Gasteiger partial charge in [-0.25, -0.2) is 12.8 Å². The highest BCUT2D eigenvalue weighted by atomic mass is 32.2. The van der Waals surface area contributed by atoms with E-state index >= 15 is 0 Å². The number of sulfone groups is 1. The fourth-order valence-corrected chi connectivity index (χ4v) is 3.08. The number of benzene rings is 1. The Morgan fingerprint density at radius 3 is 2.62 bits per heavy atom. The monoisotopic (exact) mass is 316 g/mol. The Hall–Kier alpha value is -1.93. The van der Waals surface area contributed by atoms with Gasteiger partial charge in [-0.3, -0.25) is 4.98 Å². The van der Waals surface area contributed by atoms with Crippen molar-refractivity contribution in [2.24, 2.45) is 5.73 Å². The summed E-state index contributed by atoms with van der Waals surface area (Å²) in [6.45, 7) is -0.537. The highest BCUT2D eigenvalue weighted by molar-refractivity contribution is 7.92. The van der Waals surface area contributed by atoms with Crippen LogP contribution in [-0.2, 0) is 9.84 Å². The Morgan fingerprint density at radius 1 is 1.29 bits per heavy atom. The Morgan fingerprint density at radius 2 is 1.95 bits per heavy atom. The number of hydrogen-bond acceptors (Lipinski definition) is 4. The van der Waals surface area contributed by atoms with Crippen LogP contribution in [0.1, 0.15) is 0 Å². The molecule has 0 radical (unpaired) electrons. The summed E-state index contributed by atoms with van der Waals surface area (Å²) in [6.07, 6.45) is 1.60. The zero-order valence-electron chi connectivity index (χ0n) is 10.6. The zero-order chi connectivity index (χ0) is 15.7. The third-order valence-electron chi connectivity index (χ3n) is 2.80. The first kappa shape index (κ1) is 15.5. The highest BCUT2D eigenvalue weighted by Gasteiger charge is 2.51. The number of nitrogens with two attached hydrogens (primary N) is 1. The van der Waals surface area contributed by atoms with Crippen molar-refractivity contribution in [1.82, 2.24) is 4.98 Å². The predicted molar refractivity (Wildman–Crippen MR) is 72.1 cm³/mol. The summed E-state index contributed by atoms with van der Waals surface area (Å²) < 4.78 is 65.3. The minimum atomic E-state index is -5.28. The molecular formula is C13H11F3N2O2S. The number of pyridine rings is 1. The van der Waals surface area contributed by atoms with Gasteiger partial charge in [-0.15, -0.1) is 0 Å². The summed E-state index contributed by atoms with van der Waals surface area (Å²) in [7, 11) is -5.28. The van der Waals surface area contributed by atoms with Crippen molar-refractivity contribution in [2.75, 3.05) is 6.54 Å². The fourth-order valence-electron chi connectivity index (χ4n) is 1.78. The molecule has 0 unspecified atom stereocenters. The van der Waals surface area contributed by atoms with Gasteiger partial charge < -0.3 is 5.73 Å². The molecule has 0 bridgehead atoms. The quantitative estimate of drug-likeness (QED) is 0.940. The lowest BCUT2D eigenvalue weighted by Crippen LogP contribution is -2.30. The van der Waals surface area contributed by atoms with Crippen LogP contribution < -0.4 is 5.73 Å². The average Bonchev–Trinajstić information content (AvgIpc) is 2.46. The molecule has 0 fully saturated rings. The topological polar surface area (TPSA) is 73.1 Å². The van der Waals surface area contributed by atoms with Gasteiger partial charge in [-0.2, -0.15) is 8.78 Å². The lowest BCUT2D eigenvalue weighted by Gasteiger charge is -2.16. The van der Waals surface area contributed by atoms with Gasteiger partial charge in [0.25, 0.3) is 9.84 Å². The van der Waals surface area contributed by atoms with E-state index in [1.54, 1.807) is 0 Å². The van der Waals surface area contributed by atoms with Gasteiger partial charge in [0.15, 0.2) is 5.83 Å². The number of nitrogens with zero attached hydrogens (tertiary/aromatic N) is 1. The number of aromatic nitrogens is 1. The van der Waals surface area contributed by atoms with Crippen molar-refractivity contribution in [2.45, 2.75) is 10.2 Å². The number of fused-ring (bicyclic) bond motifs is 1. The van der Waals surface area contributed by atoms with E-state index in [1.165, 1.54) is 30.5 Å². The SMILES string of the molecule is NC/C=C(\F)C(F)(F)S(=O)(=O)c1cccc2cccnc12. The van der Waals surface area contributed by atoms with E-state index in [4.69, 9.17) is 5.73 Å². The van der Waals surface area contributed by atoms with Gasteiger partial charge in [0.1, 0.15) is 0 Å². The molecule has 1 aromatic heterocycles. The van der Waals surface area contributed by atoms with Gasteiger partial charge >= 0.3 is 5.25 Å². The van der Waals surface area contributed by atoms with Crippen LogP contribution in [-0.4, -0.2) is 25.2 Å². The van der Waals surface area contributed by atoms with E-state index in [1.807, 2.05) is 0 Å². The first-order valence-electron chi connectivity index (χ1n) is 5.84. The van der Waals surface area contributed by atoms with E-state index in [0.717, 1.165) is 6.07 Å². The first-order valence-corrected chi connectivity index (χ1v) is 7.33. The maximum Gasteiger partial charge on any atom is 0.400 e. The average molecular weight is 316 g/mol. The van der Waals surface area contributed by atoms with Gasteiger partial charge in [0.05, 0.1) is 10.4 Å². The molecule has 112 valence electrons. The van der Waals surface area contributed by atoms with Crippen molar-refractivity contribution < 1.29 is 21.6 Å². The standard InChI is InChI=1S/C13H11F3N2O2S/c14-11(6-7-17)13(15,16)21(19,20)10-5-1-3-9-4-2-8-18-12(9)10/h1-6,8H,7,17H2/b11-6-. The largest absolute Gasteiger partial charge is 0.400 e.